The van der Waals surface area contributed by atoms with Gasteiger partial charge in [0.25, 0.3) is 0 Å². The van der Waals surface area contributed by atoms with Crippen LogP contribution in [-0.4, -0.2) is 18.6 Å². The molecule has 2 atom stereocenters. The first-order chi connectivity index (χ1) is 7.58. The number of halogens is 2. The summed E-state index contributed by atoms with van der Waals surface area (Å²) in [5, 5.41) is 0.811. The Balaban J connectivity index is 2.26. The molecule has 88 valence electrons. The fourth-order valence-electron chi connectivity index (χ4n) is 2.27. The minimum absolute atomic E-state index is 0.331. The summed E-state index contributed by atoms with van der Waals surface area (Å²) in [5.41, 5.74) is 7.07. The topological polar surface area (TPSA) is 29.3 Å². The molecule has 0 saturated carbocycles. The van der Waals surface area contributed by atoms with Gasteiger partial charge in [0.05, 0.1) is 10.7 Å². The number of rotatable bonds is 1. The first kappa shape index (κ1) is 12.2. The van der Waals surface area contributed by atoms with E-state index < -0.39 is 0 Å². The van der Waals surface area contributed by atoms with E-state index in [1.54, 1.807) is 0 Å². The van der Waals surface area contributed by atoms with E-state index in [1.165, 1.54) is 0 Å². The predicted molar refractivity (Wildman–Crippen MR) is 73.2 cm³/mol. The van der Waals surface area contributed by atoms with E-state index in [-0.39, 0.29) is 0 Å². The molecule has 1 fully saturated rings. The maximum atomic E-state index is 6.24. The zero-order chi connectivity index (χ0) is 11.7. The molecule has 16 heavy (non-hydrogen) atoms. The average Bonchev–Trinajstić information content (AvgIpc) is 2.22. The third-order valence-electron chi connectivity index (χ3n) is 3.13. The van der Waals surface area contributed by atoms with Gasteiger partial charge in [-0.1, -0.05) is 27.5 Å². The largest absolute Gasteiger partial charge is 0.367 e. The lowest BCUT2D eigenvalue weighted by atomic mass is 9.98. The standard InChI is InChI=1S/C12H16BrClN2/c1-8-6-10(15)4-5-16(8)12-7-9(13)2-3-11(12)14/h2-3,7-8,10H,4-6,15H2,1H3. The summed E-state index contributed by atoms with van der Waals surface area (Å²) >= 11 is 9.72. The van der Waals surface area contributed by atoms with Crippen LogP contribution in [-0.2, 0) is 0 Å². The van der Waals surface area contributed by atoms with Crippen LogP contribution in [0.4, 0.5) is 5.69 Å². The van der Waals surface area contributed by atoms with Crippen LogP contribution >= 0.6 is 27.5 Å². The van der Waals surface area contributed by atoms with Gasteiger partial charge in [-0.3, -0.25) is 0 Å². The Hall–Kier alpha value is -0.250. The van der Waals surface area contributed by atoms with Gasteiger partial charge in [-0.25, -0.2) is 0 Å². The summed E-state index contributed by atoms with van der Waals surface area (Å²) < 4.78 is 1.06. The number of nitrogens with two attached hydrogens (primary N) is 1. The molecule has 2 unspecified atom stereocenters. The fourth-order valence-corrected chi connectivity index (χ4v) is 2.85. The second-order valence-corrected chi connectivity index (χ2v) is 5.75. The molecule has 1 aliphatic rings. The van der Waals surface area contributed by atoms with Crippen LogP contribution in [0.3, 0.4) is 0 Å². The minimum Gasteiger partial charge on any atom is -0.367 e. The van der Waals surface area contributed by atoms with Gasteiger partial charge < -0.3 is 10.6 Å². The highest BCUT2D eigenvalue weighted by atomic mass is 79.9. The van der Waals surface area contributed by atoms with Gasteiger partial charge in [-0.2, -0.15) is 0 Å². The molecule has 0 amide bonds. The number of benzene rings is 1. The number of nitrogens with zero attached hydrogens (tertiary/aromatic N) is 1. The van der Waals surface area contributed by atoms with Crippen molar-refractivity contribution < 1.29 is 0 Å². The molecule has 1 aliphatic heterocycles. The second-order valence-electron chi connectivity index (χ2n) is 4.42. The van der Waals surface area contributed by atoms with Crippen molar-refractivity contribution in [1.82, 2.24) is 0 Å². The van der Waals surface area contributed by atoms with Crippen molar-refractivity contribution in [2.75, 3.05) is 11.4 Å². The normalized spacial score (nSPS) is 25.9. The van der Waals surface area contributed by atoms with Crippen molar-refractivity contribution in [2.45, 2.75) is 31.8 Å². The SMILES string of the molecule is CC1CC(N)CCN1c1cc(Br)ccc1Cl. The van der Waals surface area contributed by atoms with Crippen molar-refractivity contribution in [3.8, 4) is 0 Å². The number of piperidine rings is 1. The zero-order valence-corrected chi connectivity index (χ0v) is 11.6. The molecule has 0 aromatic heterocycles. The average molecular weight is 304 g/mol. The molecule has 4 heteroatoms. The molecular weight excluding hydrogens is 288 g/mol. The lowest BCUT2D eigenvalue weighted by Crippen LogP contribution is -2.45. The third kappa shape index (κ3) is 2.53. The monoisotopic (exact) mass is 302 g/mol. The van der Waals surface area contributed by atoms with Crippen LogP contribution in [0.1, 0.15) is 19.8 Å². The number of hydrogen-bond donors (Lipinski definition) is 1. The van der Waals surface area contributed by atoms with Crippen molar-refractivity contribution in [2.24, 2.45) is 5.73 Å². The Morgan fingerprint density at radius 1 is 1.50 bits per heavy atom. The minimum atomic E-state index is 0.331. The summed E-state index contributed by atoms with van der Waals surface area (Å²) in [6.45, 7) is 3.19. The molecule has 1 aromatic rings. The van der Waals surface area contributed by atoms with Crippen molar-refractivity contribution in [3.05, 3.63) is 27.7 Å². The molecular formula is C12H16BrClN2. The van der Waals surface area contributed by atoms with Crippen LogP contribution in [0, 0.1) is 0 Å². The quantitative estimate of drug-likeness (QED) is 0.861. The van der Waals surface area contributed by atoms with Crippen molar-refractivity contribution in [1.29, 1.82) is 0 Å². The molecule has 0 radical (unpaired) electrons. The maximum absolute atomic E-state index is 6.24. The van der Waals surface area contributed by atoms with Gasteiger partial charge >= 0.3 is 0 Å². The molecule has 1 aromatic carbocycles. The Morgan fingerprint density at radius 3 is 2.94 bits per heavy atom. The Morgan fingerprint density at radius 2 is 2.25 bits per heavy atom. The first-order valence-electron chi connectivity index (χ1n) is 5.55. The van der Waals surface area contributed by atoms with Gasteiger partial charge in [0.1, 0.15) is 0 Å². The van der Waals surface area contributed by atoms with E-state index >= 15 is 0 Å². The van der Waals surface area contributed by atoms with Crippen LogP contribution in [0.2, 0.25) is 5.02 Å². The van der Waals surface area contributed by atoms with Crippen molar-refractivity contribution in [3.63, 3.8) is 0 Å². The van der Waals surface area contributed by atoms with Crippen LogP contribution in [0.15, 0.2) is 22.7 Å². The first-order valence-corrected chi connectivity index (χ1v) is 6.72. The molecule has 1 saturated heterocycles. The fraction of sp³-hybridized carbons (Fsp3) is 0.500. The van der Waals surface area contributed by atoms with E-state index in [1.807, 2.05) is 12.1 Å². The maximum Gasteiger partial charge on any atom is 0.0640 e. The summed E-state index contributed by atoms with van der Waals surface area (Å²) in [4.78, 5) is 2.34. The Labute approximate surface area is 110 Å². The number of anilines is 1. The van der Waals surface area contributed by atoms with Crippen LogP contribution in [0.5, 0.6) is 0 Å². The van der Waals surface area contributed by atoms with Crippen molar-refractivity contribution >= 4 is 33.2 Å². The van der Waals surface area contributed by atoms with Gasteiger partial charge in [0.2, 0.25) is 0 Å². The van der Waals surface area contributed by atoms with E-state index in [4.69, 9.17) is 17.3 Å². The van der Waals surface area contributed by atoms with E-state index in [0.717, 1.165) is 34.6 Å². The summed E-state index contributed by atoms with van der Waals surface area (Å²) in [6, 6.07) is 6.76. The Kier molecular flexibility index (Phi) is 3.77. The molecule has 2 rings (SSSR count). The van der Waals surface area contributed by atoms with E-state index in [0.29, 0.717) is 12.1 Å². The molecule has 0 spiro atoms. The highest BCUT2D eigenvalue weighted by molar-refractivity contribution is 9.10. The molecule has 2 nitrogen and oxygen atoms in total. The highest BCUT2D eigenvalue weighted by Gasteiger charge is 2.24. The highest BCUT2D eigenvalue weighted by Crippen LogP contribution is 2.33. The van der Waals surface area contributed by atoms with E-state index in [2.05, 4.69) is 33.8 Å². The number of hydrogen-bond acceptors (Lipinski definition) is 2. The third-order valence-corrected chi connectivity index (χ3v) is 3.95. The summed E-state index contributed by atoms with van der Waals surface area (Å²) in [5.74, 6) is 0. The lowest BCUT2D eigenvalue weighted by Gasteiger charge is -2.38. The van der Waals surface area contributed by atoms with Gasteiger partial charge in [-0.15, -0.1) is 0 Å². The lowest BCUT2D eigenvalue weighted by molar-refractivity contribution is 0.430. The van der Waals surface area contributed by atoms with Crippen LogP contribution < -0.4 is 10.6 Å². The zero-order valence-electron chi connectivity index (χ0n) is 9.29. The Bertz CT molecular complexity index is 383. The molecule has 0 aliphatic carbocycles. The predicted octanol–water partition coefficient (Wildman–Crippen LogP) is 3.42. The summed E-state index contributed by atoms with van der Waals surface area (Å²) in [7, 11) is 0. The molecule has 1 heterocycles. The van der Waals surface area contributed by atoms with Crippen LogP contribution in [0.25, 0.3) is 0 Å². The smallest absolute Gasteiger partial charge is 0.0640 e. The second kappa shape index (κ2) is 4.94. The van der Waals surface area contributed by atoms with Gasteiger partial charge in [-0.05, 0) is 38.0 Å². The molecule has 0 bridgehead atoms. The summed E-state index contributed by atoms with van der Waals surface area (Å²) in [6.07, 6.45) is 2.07. The van der Waals surface area contributed by atoms with Gasteiger partial charge in [0.15, 0.2) is 0 Å². The van der Waals surface area contributed by atoms with Gasteiger partial charge in [0, 0.05) is 23.1 Å². The van der Waals surface area contributed by atoms with E-state index in [9.17, 15) is 0 Å². The molecule has 2 N–H and O–H groups in total.